The molecule has 0 aliphatic heterocycles. The molecule has 1 aliphatic rings. The van der Waals surface area contributed by atoms with Crippen LogP contribution in [0.5, 0.6) is 0 Å². The van der Waals surface area contributed by atoms with Gasteiger partial charge in [0, 0.05) is 16.4 Å². The van der Waals surface area contributed by atoms with Crippen LogP contribution in [-0.4, -0.2) is 30.4 Å². The maximum Gasteiger partial charge on any atom is 0.258 e. The number of hydrogen-bond acceptors (Lipinski definition) is 4. The number of nitrogens with zero attached hydrogens (tertiary/aromatic N) is 2. The molecule has 7 nitrogen and oxygen atoms in total. The van der Waals surface area contributed by atoms with Crippen molar-refractivity contribution in [2.75, 3.05) is 16.3 Å². The van der Waals surface area contributed by atoms with Gasteiger partial charge in [-0.25, -0.2) is 8.42 Å². The molecule has 1 amide bonds. The second-order valence-corrected chi connectivity index (χ2v) is 9.22. The Morgan fingerprint density at radius 2 is 1.88 bits per heavy atom. The monoisotopic (exact) mass is 440 g/mol. The third kappa shape index (κ3) is 5.07. The van der Waals surface area contributed by atoms with Crippen molar-refractivity contribution < 1.29 is 13.2 Å². The smallest absolute Gasteiger partial charge is 0.258 e. The molecular weight excluding hydrogens is 420 g/mol. The maximum absolute atomic E-state index is 12.5. The first-order chi connectivity index (χ1) is 12.3. The summed E-state index contributed by atoms with van der Waals surface area (Å²) in [6, 6.07) is 5.26. The number of halogens is 1. The van der Waals surface area contributed by atoms with Crippen molar-refractivity contribution in [3.63, 3.8) is 0 Å². The van der Waals surface area contributed by atoms with Crippen molar-refractivity contribution in [2.24, 2.45) is 0 Å². The van der Waals surface area contributed by atoms with Gasteiger partial charge in [0.05, 0.1) is 29.7 Å². The summed E-state index contributed by atoms with van der Waals surface area (Å²) in [5.74, 6) is -0.282. The Morgan fingerprint density at radius 3 is 2.58 bits per heavy atom. The Balaban J connectivity index is 1.72. The van der Waals surface area contributed by atoms with E-state index in [2.05, 4.69) is 31.1 Å². The van der Waals surface area contributed by atoms with Gasteiger partial charge in [0.2, 0.25) is 10.0 Å². The van der Waals surface area contributed by atoms with Gasteiger partial charge in [-0.3, -0.25) is 14.2 Å². The molecule has 0 saturated heterocycles. The van der Waals surface area contributed by atoms with Crippen LogP contribution in [0.4, 0.5) is 11.4 Å². The lowest BCUT2D eigenvalue weighted by atomic mass is 9.96. The van der Waals surface area contributed by atoms with Gasteiger partial charge in [0.25, 0.3) is 5.91 Å². The van der Waals surface area contributed by atoms with Crippen molar-refractivity contribution >= 4 is 43.2 Å². The van der Waals surface area contributed by atoms with Gasteiger partial charge in [-0.1, -0.05) is 35.2 Å². The number of nitrogens with one attached hydrogen (secondary N) is 2. The molecule has 9 heteroatoms. The minimum absolute atomic E-state index is 0.282. The van der Waals surface area contributed by atoms with E-state index in [0.717, 1.165) is 19.1 Å². The summed E-state index contributed by atoms with van der Waals surface area (Å²) in [4.78, 5) is 12.5. The summed E-state index contributed by atoms with van der Waals surface area (Å²) in [5.41, 5.74) is 1.34. The fourth-order valence-corrected chi connectivity index (χ4v) is 4.18. The second kappa shape index (κ2) is 7.79. The lowest BCUT2D eigenvalue weighted by molar-refractivity contribution is 0.102. The molecule has 2 N–H and O–H groups in total. The number of anilines is 2. The Labute approximate surface area is 161 Å². The van der Waals surface area contributed by atoms with Crippen molar-refractivity contribution in [1.82, 2.24) is 9.78 Å². The third-order valence-electron chi connectivity index (χ3n) is 4.27. The van der Waals surface area contributed by atoms with Gasteiger partial charge in [0.1, 0.15) is 0 Å². The van der Waals surface area contributed by atoms with E-state index in [1.54, 1.807) is 30.6 Å². The van der Waals surface area contributed by atoms with Crippen LogP contribution in [0.1, 0.15) is 48.5 Å². The van der Waals surface area contributed by atoms with Crippen LogP contribution in [0.2, 0.25) is 0 Å². The molecule has 1 aromatic carbocycles. The lowest BCUT2D eigenvalue weighted by Gasteiger charge is -2.21. The lowest BCUT2D eigenvalue weighted by Crippen LogP contribution is -2.14. The van der Waals surface area contributed by atoms with E-state index in [9.17, 15) is 13.2 Å². The first kappa shape index (κ1) is 18.9. The summed E-state index contributed by atoms with van der Waals surface area (Å²) in [7, 11) is -3.40. The van der Waals surface area contributed by atoms with E-state index in [0.29, 0.717) is 27.5 Å². The van der Waals surface area contributed by atoms with E-state index in [1.165, 1.54) is 19.3 Å². The van der Waals surface area contributed by atoms with Crippen molar-refractivity contribution in [2.45, 2.75) is 38.1 Å². The van der Waals surface area contributed by atoms with Gasteiger partial charge in [0.15, 0.2) is 0 Å². The van der Waals surface area contributed by atoms with Crippen molar-refractivity contribution in [1.29, 1.82) is 0 Å². The molecule has 140 valence electrons. The second-order valence-electron chi connectivity index (χ2n) is 6.56. The quantitative estimate of drug-likeness (QED) is 0.739. The molecular formula is C17H21BrN4O3S. The molecule has 1 aromatic heterocycles. The van der Waals surface area contributed by atoms with E-state index < -0.39 is 10.0 Å². The number of benzene rings is 1. The number of sulfonamides is 1. The van der Waals surface area contributed by atoms with Crippen LogP contribution in [-0.2, 0) is 10.0 Å². The molecule has 1 aliphatic carbocycles. The summed E-state index contributed by atoms with van der Waals surface area (Å²) in [5, 5.41) is 7.13. The van der Waals surface area contributed by atoms with Gasteiger partial charge < -0.3 is 5.32 Å². The normalized spacial score (nSPS) is 15.6. The molecule has 0 bridgehead atoms. The van der Waals surface area contributed by atoms with Crippen LogP contribution in [0, 0.1) is 0 Å². The van der Waals surface area contributed by atoms with E-state index >= 15 is 0 Å². The average molecular weight is 441 g/mol. The van der Waals surface area contributed by atoms with E-state index in [-0.39, 0.29) is 5.91 Å². The Bertz CT molecular complexity index is 904. The van der Waals surface area contributed by atoms with Crippen LogP contribution in [0.15, 0.2) is 35.1 Å². The Morgan fingerprint density at radius 1 is 1.19 bits per heavy atom. The highest BCUT2D eigenvalue weighted by molar-refractivity contribution is 9.10. The van der Waals surface area contributed by atoms with Gasteiger partial charge >= 0.3 is 0 Å². The summed E-state index contributed by atoms with van der Waals surface area (Å²) >= 11 is 3.32. The largest absolute Gasteiger partial charge is 0.322 e. The van der Waals surface area contributed by atoms with Gasteiger partial charge in [-0.05, 0) is 31.0 Å². The number of rotatable bonds is 5. The highest BCUT2D eigenvalue weighted by Crippen LogP contribution is 2.28. The fourth-order valence-electron chi connectivity index (χ4n) is 3.14. The molecule has 0 radical (unpaired) electrons. The minimum Gasteiger partial charge on any atom is -0.322 e. The molecule has 1 saturated carbocycles. The molecule has 0 spiro atoms. The molecule has 0 unspecified atom stereocenters. The predicted octanol–water partition coefficient (Wildman–Crippen LogP) is 3.77. The molecule has 1 fully saturated rings. The molecule has 3 rings (SSSR count). The molecule has 1 heterocycles. The highest BCUT2D eigenvalue weighted by atomic mass is 79.9. The first-order valence-electron chi connectivity index (χ1n) is 8.44. The van der Waals surface area contributed by atoms with Crippen molar-refractivity contribution in [3.05, 3.63) is 40.6 Å². The SMILES string of the molecule is CS(=O)(=O)Nc1cc(Br)cc(NC(=O)c2cnn(C3CCCCC3)c2)c1. The first-order valence-corrected chi connectivity index (χ1v) is 11.1. The number of aromatic nitrogens is 2. The number of carbonyl (C=O) groups excluding carboxylic acids is 1. The van der Waals surface area contributed by atoms with Crippen LogP contribution in [0.25, 0.3) is 0 Å². The van der Waals surface area contributed by atoms with Crippen LogP contribution in [0.3, 0.4) is 0 Å². The fraction of sp³-hybridized carbons (Fsp3) is 0.412. The third-order valence-corrected chi connectivity index (χ3v) is 5.34. The van der Waals surface area contributed by atoms with Gasteiger partial charge in [-0.15, -0.1) is 0 Å². The van der Waals surface area contributed by atoms with Crippen LogP contribution < -0.4 is 10.0 Å². The Kier molecular flexibility index (Phi) is 5.67. The topological polar surface area (TPSA) is 93.1 Å². The summed E-state index contributed by atoms with van der Waals surface area (Å²) in [6.07, 6.45) is 10.3. The zero-order valence-electron chi connectivity index (χ0n) is 14.4. The standard InChI is InChI=1S/C17H21BrN4O3S/c1-26(24,25)21-15-8-13(18)7-14(9-15)20-17(23)12-10-19-22(11-12)16-5-3-2-4-6-16/h7-11,16,21H,2-6H2,1H3,(H,20,23). The molecule has 2 aromatic rings. The van der Waals surface area contributed by atoms with Gasteiger partial charge in [-0.2, -0.15) is 5.10 Å². The van der Waals surface area contributed by atoms with Crippen LogP contribution >= 0.6 is 15.9 Å². The molecule has 0 atom stereocenters. The zero-order chi connectivity index (χ0) is 18.7. The number of amides is 1. The summed E-state index contributed by atoms with van der Waals surface area (Å²) < 4.78 is 27.7. The highest BCUT2D eigenvalue weighted by Gasteiger charge is 2.18. The van der Waals surface area contributed by atoms with E-state index in [1.807, 2.05) is 4.68 Å². The summed E-state index contributed by atoms with van der Waals surface area (Å²) in [6.45, 7) is 0. The van der Waals surface area contributed by atoms with Crippen molar-refractivity contribution in [3.8, 4) is 0 Å². The number of hydrogen-bond donors (Lipinski definition) is 2. The predicted molar refractivity (Wildman–Crippen MR) is 105 cm³/mol. The minimum atomic E-state index is -3.40. The zero-order valence-corrected chi connectivity index (χ0v) is 16.8. The number of carbonyl (C=O) groups is 1. The Hall–Kier alpha value is -1.87. The van der Waals surface area contributed by atoms with E-state index in [4.69, 9.17) is 0 Å². The maximum atomic E-state index is 12.5. The average Bonchev–Trinajstić information content (AvgIpc) is 3.03. The molecule has 26 heavy (non-hydrogen) atoms.